The Bertz CT molecular complexity index is 368. The van der Waals surface area contributed by atoms with Crippen LogP contribution in [0.1, 0.15) is 53.9 Å². The molecule has 19 heavy (non-hydrogen) atoms. The fourth-order valence-corrected chi connectivity index (χ4v) is 3.10. The largest absolute Gasteiger partial charge is 0.479 e. The van der Waals surface area contributed by atoms with Gasteiger partial charge < -0.3 is 14.7 Å². The van der Waals surface area contributed by atoms with Gasteiger partial charge in [0, 0.05) is 25.8 Å². The van der Waals surface area contributed by atoms with Gasteiger partial charge in [-0.05, 0) is 27.2 Å². The highest BCUT2D eigenvalue weighted by molar-refractivity contribution is 5.86. The van der Waals surface area contributed by atoms with E-state index in [1.54, 1.807) is 0 Å². The Morgan fingerprint density at radius 1 is 1.42 bits per heavy atom. The minimum atomic E-state index is -1.15. The molecule has 110 valence electrons. The van der Waals surface area contributed by atoms with Crippen LogP contribution in [0, 0.1) is 0 Å². The van der Waals surface area contributed by atoms with Gasteiger partial charge in [0.05, 0.1) is 12.2 Å². The van der Waals surface area contributed by atoms with E-state index in [9.17, 15) is 14.7 Å². The molecular weight excluding hydrogens is 246 g/mol. The molecule has 1 aliphatic heterocycles. The second-order valence-corrected chi connectivity index (χ2v) is 5.90. The van der Waals surface area contributed by atoms with Crippen LogP contribution >= 0.6 is 0 Å². The summed E-state index contributed by atoms with van der Waals surface area (Å²) in [5, 5.41) is 9.74. The zero-order valence-corrected chi connectivity index (χ0v) is 12.5. The Labute approximate surface area is 114 Å². The summed E-state index contributed by atoms with van der Waals surface area (Å²) in [5.74, 6) is -1.13. The van der Waals surface area contributed by atoms with Crippen molar-refractivity contribution < 1.29 is 19.4 Å². The van der Waals surface area contributed by atoms with Gasteiger partial charge in [-0.3, -0.25) is 4.79 Å². The first kappa shape index (κ1) is 16.0. The van der Waals surface area contributed by atoms with Crippen molar-refractivity contribution in [3.63, 3.8) is 0 Å². The lowest BCUT2D eigenvalue weighted by atomic mass is 9.77. The fraction of sp³-hybridized carbons (Fsp3) is 0.857. The molecule has 2 atom stereocenters. The Morgan fingerprint density at radius 3 is 2.37 bits per heavy atom. The van der Waals surface area contributed by atoms with E-state index in [0.29, 0.717) is 19.4 Å². The quantitative estimate of drug-likeness (QED) is 0.849. The Kier molecular flexibility index (Phi) is 4.61. The van der Waals surface area contributed by atoms with Crippen molar-refractivity contribution in [3.05, 3.63) is 0 Å². The fourth-order valence-electron chi connectivity index (χ4n) is 3.10. The Hall–Kier alpha value is -1.10. The van der Waals surface area contributed by atoms with Crippen molar-refractivity contribution in [2.45, 2.75) is 71.1 Å². The average Bonchev–Trinajstić information content (AvgIpc) is 2.27. The van der Waals surface area contributed by atoms with Crippen LogP contribution in [0.3, 0.4) is 0 Å². The van der Waals surface area contributed by atoms with Gasteiger partial charge in [0.15, 0.2) is 0 Å². The van der Waals surface area contributed by atoms with Gasteiger partial charge in [-0.15, -0.1) is 0 Å². The van der Waals surface area contributed by atoms with Gasteiger partial charge in [0.1, 0.15) is 5.54 Å². The first-order valence-corrected chi connectivity index (χ1v) is 6.86. The van der Waals surface area contributed by atoms with E-state index < -0.39 is 17.1 Å². The van der Waals surface area contributed by atoms with Crippen LogP contribution < -0.4 is 0 Å². The third-order valence-electron chi connectivity index (χ3n) is 4.10. The maximum atomic E-state index is 11.9. The summed E-state index contributed by atoms with van der Waals surface area (Å²) < 4.78 is 5.73. The number of aliphatic carboxylic acids is 1. The molecule has 0 saturated carbocycles. The van der Waals surface area contributed by atoms with Gasteiger partial charge >= 0.3 is 5.97 Å². The highest BCUT2D eigenvalue weighted by Crippen LogP contribution is 2.39. The smallest absolute Gasteiger partial charge is 0.329 e. The van der Waals surface area contributed by atoms with Crippen LogP contribution in [-0.2, 0) is 14.3 Å². The molecule has 0 aromatic carbocycles. The van der Waals surface area contributed by atoms with Crippen LogP contribution in [0.25, 0.3) is 0 Å². The van der Waals surface area contributed by atoms with Crippen LogP contribution in [0.5, 0.6) is 0 Å². The number of carboxylic acid groups (broad SMARTS) is 1. The summed E-state index contributed by atoms with van der Waals surface area (Å²) in [6.07, 6.45) is 1.41. The first-order valence-electron chi connectivity index (χ1n) is 6.86. The number of carboxylic acids is 1. The van der Waals surface area contributed by atoms with Gasteiger partial charge in [-0.1, -0.05) is 6.92 Å². The molecule has 1 saturated heterocycles. The summed E-state index contributed by atoms with van der Waals surface area (Å²) in [6, 6.07) is -0.146. The molecule has 1 rings (SSSR count). The van der Waals surface area contributed by atoms with E-state index in [-0.39, 0.29) is 11.9 Å². The van der Waals surface area contributed by atoms with E-state index in [1.165, 1.54) is 11.8 Å². The number of amides is 1. The Morgan fingerprint density at radius 2 is 2.00 bits per heavy atom. The number of carbonyl (C=O) groups excluding carboxylic acids is 1. The van der Waals surface area contributed by atoms with Crippen molar-refractivity contribution >= 4 is 11.9 Å². The summed E-state index contributed by atoms with van der Waals surface area (Å²) in [6.45, 7) is 9.40. The molecule has 5 nitrogen and oxygen atoms in total. The predicted octanol–water partition coefficient (Wildman–Crippen LogP) is 2.05. The number of ether oxygens (including phenoxy) is 1. The predicted molar refractivity (Wildman–Crippen MR) is 71.9 cm³/mol. The highest BCUT2D eigenvalue weighted by Gasteiger charge is 2.53. The number of rotatable bonds is 4. The molecule has 1 aliphatic rings. The van der Waals surface area contributed by atoms with E-state index in [1.807, 2.05) is 27.7 Å². The zero-order chi connectivity index (χ0) is 14.8. The van der Waals surface area contributed by atoms with Crippen molar-refractivity contribution in [1.82, 2.24) is 4.90 Å². The van der Waals surface area contributed by atoms with Crippen LogP contribution in [0.15, 0.2) is 0 Å². The molecule has 1 fully saturated rings. The topological polar surface area (TPSA) is 66.8 Å². The van der Waals surface area contributed by atoms with Crippen molar-refractivity contribution in [1.29, 1.82) is 0 Å². The van der Waals surface area contributed by atoms with E-state index >= 15 is 0 Å². The number of nitrogens with zero attached hydrogens (tertiary/aromatic N) is 1. The minimum absolute atomic E-state index is 0.146. The highest BCUT2D eigenvalue weighted by atomic mass is 16.5. The molecule has 0 aromatic rings. The van der Waals surface area contributed by atoms with Gasteiger partial charge in [-0.25, -0.2) is 4.79 Å². The summed E-state index contributed by atoms with van der Waals surface area (Å²) in [5.41, 5.74) is -1.64. The van der Waals surface area contributed by atoms with E-state index in [4.69, 9.17) is 4.74 Å². The Balaban J connectivity index is 3.23. The molecule has 2 unspecified atom stereocenters. The van der Waals surface area contributed by atoms with Gasteiger partial charge in [0.2, 0.25) is 5.91 Å². The molecule has 1 N–H and O–H groups in total. The molecule has 0 bridgehead atoms. The molecule has 1 amide bonds. The van der Waals surface area contributed by atoms with Crippen LogP contribution in [0.4, 0.5) is 0 Å². The third-order valence-corrected chi connectivity index (χ3v) is 4.10. The number of hydrogen-bond donors (Lipinski definition) is 1. The van der Waals surface area contributed by atoms with Crippen molar-refractivity contribution in [2.24, 2.45) is 0 Å². The maximum absolute atomic E-state index is 11.9. The molecule has 1 heterocycles. The second-order valence-electron chi connectivity index (χ2n) is 5.90. The molecule has 5 heteroatoms. The van der Waals surface area contributed by atoms with Gasteiger partial charge in [0.25, 0.3) is 0 Å². The lowest BCUT2D eigenvalue weighted by molar-refractivity contribution is -0.183. The number of carbonyl (C=O) groups is 2. The second kappa shape index (κ2) is 5.49. The van der Waals surface area contributed by atoms with E-state index in [0.717, 1.165) is 6.42 Å². The van der Waals surface area contributed by atoms with E-state index in [2.05, 4.69) is 0 Å². The SMILES string of the molecule is CCC1(C)CC(C(=O)O)(N(C(C)=O)C(C)C)CCO1. The standard InChI is InChI=1S/C14H25NO4/c1-6-13(5)9-14(12(17)18,7-8-19-13)15(10(2)3)11(4)16/h10H,6-9H2,1-5H3,(H,17,18). The zero-order valence-electron chi connectivity index (χ0n) is 12.5. The lowest BCUT2D eigenvalue weighted by Gasteiger charge is -2.50. The van der Waals surface area contributed by atoms with Crippen molar-refractivity contribution in [2.75, 3.05) is 6.61 Å². The molecule has 0 aliphatic carbocycles. The summed E-state index contributed by atoms with van der Waals surface area (Å²) >= 11 is 0. The van der Waals surface area contributed by atoms with Gasteiger partial charge in [-0.2, -0.15) is 0 Å². The average molecular weight is 271 g/mol. The molecular formula is C14H25NO4. The molecule has 0 aromatic heterocycles. The first-order chi connectivity index (χ1) is 8.68. The number of hydrogen-bond acceptors (Lipinski definition) is 3. The van der Waals surface area contributed by atoms with Crippen LogP contribution in [0.2, 0.25) is 0 Å². The lowest BCUT2D eigenvalue weighted by Crippen LogP contribution is -2.64. The summed E-state index contributed by atoms with van der Waals surface area (Å²) in [7, 11) is 0. The monoisotopic (exact) mass is 271 g/mol. The normalized spacial score (nSPS) is 31.3. The maximum Gasteiger partial charge on any atom is 0.329 e. The summed E-state index contributed by atoms with van der Waals surface area (Å²) in [4.78, 5) is 25.3. The minimum Gasteiger partial charge on any atom is -0.479 e. The molecule has 0 radical (unpaired) electrons. The third kappa shape index (κ3) is 2.91. The van der Waals surface area contributed by atoms with Crippen LogP contribution in [-0.4, -0.2) is 45.7 Å². The van der Waals surface area contributed by atoms with Crippen molar-refractivity contribution in [3.8, 4) is 0 Å². The molecule has 0 spiro atoms.